The topological polar surface area (TPSA) is 68.4 Å². The quantitative estimate of drug-likeness (QED) is 0.478. The summed E-state index contributed by atoms with van der Waals surface area (Å²) in [6, 6.07) is 16.3. The number of likely N-dealkylation sites (N-methyl/N-ethyl adjacent to an activating group) is 1. The molecule has 0 unspecified atom stereocenters. The van der Waals surface area contributed by atoms with Crippen molar-refractivity contribution in [1.29, 1.82) is 0 Å². The number of hydrogen-bond acceptors (Lipinski definition) is 5. The summed E-state index contributed by atoms with van der Waals surface area (Å²) in [6.07, 6.45) is 3.45. The van der Waals surface area contributed by atoms with Crippen molar-refractivity contribution in [3.63, 3.8) is 0 Å². The van der Waals surface area contributed by atoms with Crippen LogP contribution in [0.15, 0.2) is 65.5 Å². The number of nitrogens with zero attached hydrogens (tertiary/aromatic N) is 3. The molecule has 0 radical (unpaired) electrons. The minimum atomic E-state index is -0.186. The van der Waals surface area contributed by atoms with Crippen molar-refractivity contribution in [2.75, 3.05) is 26.4 Å². The molecule has 1 aliphatic rings. The van der Waals surface area contributed by atoms with E-state index in [-0.39, 0.29) is 5.92 Å². The molecule has 1 aliphatic heterocycles. The molecule has 2 N–H and O–H groups in total. The van der Waals surface area contributed by atoms with Crippen molar-refractivity contribution in [2.24, 2.45) is 0 Å². The van der Waals surface area contributed by atoms with E-state index >= 15 is 0 Å². The van der Waals surface area contributed by atoms with Gasteiger partial charge in [-0.3, -0.25) is 0 Å². The maximum absolute atomic E-state index is 6.67. The molecular formula is C23H23N4O2+. The summed E-state index contributed by atoms with van der Waals surface area (Å²) in [5, 5.41) is 2.28. The molecule has 2 aromatic carbocycles. The zero-order valence-corrected chi connectivity index (χ0v) is 16.5. The van der Waals surface area contributed by atoms with Crippen LogP contribution in [0.1, 0.15) is 22.8 Å². The van der Waals surface area contributed by atoms with Crippen LogP contribution in [0.25, 0.3) is 10.8 Å². The van der Waals surface area contributed by atoms with Crippen LogP contribution >= 0.6 is 0 Å². The zero-order valence-electron chi connectivity index (χ0n) is 16.5. The number of anilines is 1. The van der Waals surface area contributed by atoms with Gasteiger partial charge in [-0.25, -0.2) is 4.57 Å². The third-order valence-electron chi connectivity index (χ3n) is 5.46. The molecule has 0 aliphatic carbocycles. The molecule has 6 nitrogen and oxygen atoms in total. The summed E-state index contributed by atoms with van der Waals surface area (Å²) in [7, 11) is 4.08. The lowest BCUT2D eigenvalue weighted by Crippen LogP contribution is -2.43. The van der Waals surface area contributed by atoms with Crippen molar-refractivity contribution in [3.8, 4) is 11.6 Å². The number of benzene rings is 2. The van der Waals surface area contributed by atoms with Crippen LogP contribution in [0.2, 0.25) is 0 Å². The Hall–Kier alpha value is -3.38. The van der Waals surface area contributed by atoms with Gasteiger partial charge in [0.2, 0.25) is 12.1 Å². The van der Waals surface area contributed by atoms with Crippen LogP contribution < -0.4 is 15.0 Å². The summed E-state index contributed by atoms with van der Waals surface area (Å²) in [4.78, 5) is 6.72. The van der Waals surface area contributed by atoms with Crippen molar-refractivity contribution in [2.45, 2.75) is 12.5 Å². The SMILES string of the molecule is CN(C)CC[n+]1cnc2c(c1N)[C@H](c1ccco1)c1c(ccc3ccccc13)O2. The molecule has 1 atom stereocenters. The molecule has 0 saturated carbocycles. The molecule has 0 fully saturated rings. The molecule has 0 saturated heterocycles. The molecule has 4 aromatic rings. The maximum atomic E-state index is 6.67. The lowest BCUT2D eigenvalue weighted by molar-refractivity contribution is -0.685. The number of nitrogens with two attached hydrogens (primary N) is 1. The predicted octanol–water partition coefficient (Wildman–Crippen LogP) is 3.55. The highest BCUT2D eigenvalue weighted by molar-refractivity contribution is 5.90. The van der Waals surface area contributed by atoms with Crippen LogP contribution in [0.5, 0.6) is 11.6 Å². The normalized spacial score (nSPS) is 15.2. The molecule has 6 heteroatoms. The Kier molecular flexibility index (Phi) is 4.21. The van der Waals surface area contributed by atoms with Gasteiger partial charge < -0.3 is 19.8 Å². The van der Waals surface area contributed by atoms with Crippen LogP contribution in [-0.2, 0) is 6.54 Å². The van der Waals surface area contributed by atoms with Gasteiger partial charge in [-0.15, -0.1) is 0 Å². The van der Waals surface area contributed by atoms with Crippen LogP contribution in [0.3, 0.4) is 0 Å². The molecule has 0 bridgehead atoms. The van der Waals surface area contributed by atoms with E-state index in [1.54, 1.807) is 12.6 Å². The Morgan fingerprint density at radius 3 is 2.72 bits per heavy atom. The van der Waals surface area contributed by atoms with Gasteiger partial charge in [-0.05, 0) is 43.1 Å². The second kappa shape index (κ2) is 6.90. The van der Waals surface area contributed by atoms with Crippen molar-refractivity contribution < 1.29 is 13.7 Å². The van der Waals surface area contributed by atoms with Gasteiger partial charge in [0.05, 0.1) is 18.7 Å². The highest BCUT2D eigenvalue weighted by Gasteiger charge is 2.38. The molecule has 2 aromatic heterocycles. The fourth-order valence-electron chi connectivity index (χ4n) is 4.01. The summed E-state index contributed by atoms with van der Waals surface area (Å²) >= 11 is 0. The van der Waals surface area contributed by atoms with E-state index in [4.69, 9.17) is 14.9 Å². The maximum Gasteiger partial charge on any atom is 0.306 e. The Bertz CT molecular complexity index is 1190. The van der Waals surface area contributed by atoms with E-state index in [2.05, 4.69) is 28.1 Å². The molecule has 3 heterocycles. The third-order valence-corrected chi connectivity index (χ3v) is 5.46. The minimum Gasteiger partial charge on any atom is -0.468 e. The number of aromatic nitrogens is 2. The number of ether oxygens (including phenoxy) is 1. The number of hydrogen-bond donors (Lipinski definition) is 1. The Morgan fingerprint density at radius 2 is 1.93 bits per heavy atom. The largest absolute Gasteiger partial charge is 0.468 e. The van der Waals surface area contributed by atoms with Gasteiger partial charge in [-0.2, -0.15) is 0 Å². The lowest BCUT2D eigenvalue weighted by atomic mass is 9.84. The van der Waals surface area contributed by atoms with E-state index in [0.717, 1.165) is 46.5 Å². The molecule has 0 spiro atoms. The summed E-state index contributed by atoms with van der Waals surface area (Å²) in [5.41, 5.74) is 8.58. The van der Waals surface area contributed by atoms with Crippen molar-refractivity contribution in [3.05, 3.63) is 78.0 Å². The molecule has 0 amide bonds. The summed E-state index contributed by atoms with van der Waals surface area (Å²) in [5.74, 6) is 2.61. The monoisotopic (exact) mass is 387 g/mol. The standard InChI is InChI=1S/C23H22N4O2/c1-26(2)11-12-27-14-25-23-21(22(27)24)20(17-8-5-13-28-17)19-16-7-4-3-6-15(16)9-10-18(19)29-23/h3-10,13-14,20,24H,11-12H2,1-2H3/p+1/t20-/m1/s1. The smallest absolute Gasteiger partial charge is 0.306 e. The van der Waals surface area contributed by atoms with Gasteiger partial charge in [0.25, 0.3) is 0 Å². The predicted molar refractivity (Wildman–Crippen MR) is 111 cm³/mol. The van der Waals surface area contributed by atoms with E-state index in [9.17, 15) is 0 Å². The Labute approximate surface area is 169 Å². The number of fused-ring (bicyclic) bond motifs is 4. The van der Waals surface area contributed by atoms with Crippen LogP contribution in [0.4, 0.5) is 5.82 Å². The van der Waals surface area contributed by atoms with Gasteiger partial charge in [0, 0.05) is 12.1 Å². The molecule has 146 valence electrons. The fourth-order valence-corrected chi connectivity index (χ4v) is 4.01. The summed E-state index contributed by atoms with van der Waals surface area (Å²) in [6.45, 7) is 1.60. The highest BCUT2D eigenvalue weighted by atomic mass is 16.5. The first-order valence-electron chi connectivity index (χ1n) is 9.69. The second-order valence-electron chi connectivity index (χ2n) is 7.59. The third kappa shape index (κ3) is 2.93. The average Bonchev–Trinajstić information content (AvgIpc) is 3.26. The minimum absolute atomic E-state index is 0.186. The van der Waals surface area contributed by atoms with E-state index in [0.29, 0.717) is 11.7 Å². The number of nitrogen functional groups attached to an aromatic ring is 1. The first-order chi connectivity index (χ1) is 14.1. The number of rotatable bonds is 4. The lowest BCUT2D eigenvalue weighted by Gasteiger charge is -2.27. The van der Waals surface area contributed by atoms with Crippen LogP contribution in [-0.4, -0.2) is 30.5 Å². The number of furan rings is 1. The Balaban J connectivity index is 1.75. The zero-order chi connectivity index (χ0) is 20.0. The second-order valence-corrected chi connectivity index (χ2v) is 7.59. The van der Waals surface area contributed by atoms with Gasteiger partial charge >= 0.3 is 5.88 Å². The van der Waals surface area contributed by atoms with Gasteiger partial charge in [0.15, 0.2) is 0 Å². The van der Waals surface area contributed by atoms with Crippen molar-refractivity contribution >= 4 is 16.6 Å². The molecule has 29 heavy (non-hydrogen) atoms. The fraction of sp³-hybridized carbons (Fsp3) is 0.217. The highest BCUT2D eigenvalue weighted by Crippen LogP contribution is 2.50. The summed E-state index contributed by atoms with van der Waals surface area (Å²) < 4.78 is 14.1. The van der Waals surface area contributed by atoms with Gasteiger partial charge in [0.1, 0.15) is 17.1 Å². The average molecular weight is 387 g/mol. The molecular weight excluding hydrogens is 364 g/mol. The first kappa shape index (κ1) is 17.7. The van der Waals surface area contributed by atoms with Crippen LogP contribution in [0, 0.1) is 0 Å². The van der Waals surface area contributed by atoms with Crippen molar-refractivity contribution in [1.82, 2.24) is 9.88 Å². The first-order valence-corrected chi connectivity index (χ1v) is 9.69. The van der Waals surface area contributed by atoms with E-state index < -0.39 is 0 Å². The molecule has 5 rings (SSSR count). The Morgan fingerprint density at radius 1 is 1.07 bits per heavy atom. The van der Waals surface area contributed by atoms with Gasteiger partial charge in [-0.1, -0.05) is 35.3 Å². The van der Waals surface area contributed by atoms with E-state index in [1.165, 1.54) is 0 Å². The van der Waals surface area contributed by atoms with E-state index in [1.807, 2.05) is 49.0 Å².